The number of aryl methyl sites for hydroxylation is 2. The van der Waals surface area contributed by atoms with Crippen LogP contribution in [0.1, 0.15) is 153 Å². The molecule has 0 aliphatic heterocycles. The molecule has 0 amide bonds. The first-order valence-corrected chi connectivity index (χ1v) is 32.3. The van der Waals surface area contributed by atoms with Crippen molar-refractivity contribution in [3.63, 3.8) is 0 Å². The highest BCUT2D eigenvalue weighted by Gasteiger charge is 2.51. The van der Waals surface area contributed by atoms with Crippen molar-refractivity contribution in [3.05, 3.63) is 177 Å². The van der Waals surface area contributed by atoms with Gasteiger partial charge in [-0.25, -0.2) is 52.7 Å². The van der Waals surface area contributed by atoms with E-state index in [2.05, 4.69) is 62.4 Å². The first-order valence-electron chi connectivity index (χ1n) is 27.1. The Labute approximate surface area is 522 Å². The van der Waals surface area contributed by atoms with E-state index in [1.165, 1.54) is 152 Å². The van der Waals surface area contributed by atoms with Gasteiger partial charge in [0.2, 0.25) is 0 Å². The fraction of sp³-hybridized carbons (Fsp3) is 0.400. The molecule has 0 saturated heterocycles. The normalized spacial score (nSPS) is 11.7. The SMILES string of the molecule is CCCCCCCCCCCCc1ccc([I+]c2ccc(CCCCCCCCCCCC)cc2)cc1.Fc1c(Cl)c(F)c([B-](c2c(F)c(Cl)c(F)c(Cl)c2F)(c2c(F)c(Cl)c(F)c(Cl)c2F)c2c(F)c(Cl)c(F)c(Cl)c2F)c(F)c1Cl. The van der Waals surface area contributed by atoms with Gasteiger partial charge in [-0.3, -0.25) is 0 Å². The van der Waals surface area contributed by atoms with Gasteiger partial charge < -0.3 is 0 Å². The molecule has 6 aromatic rings. The third kappa shape index (κ3) is 16.6. The minimum absolute atomic E-state index is 0.0574. The summed E-state index contributed by atoms with van der Waals surface area (Å²) in [5.41, 5.74) is -6.74. The Morgan fingerprint density at radius 1 is 0.268 bits per heavy atom. The van der Waals surface area contributed by atoms with Crippen LogP contribution in [0, 0.1) is 76.9 Å². The van der Waals surface area contributed by atoms with Crippen LogP contribution in [0.15, 0.2) is 48.5 Å². The Kier molecular flexibility index (Phi) is 28.9. The van der Waals surface area contributed by atoms with Crippen molar-refractivity contribution < 1.29 is 73.9 Å². The lowest BCUT2D eigenvalue weighted by molar-refractivity contribution is -0.597. The quantitative estimate of drug-likeness (QED) is 0.0115. The third-order valence-corrected chi connectivity index (χ3v) is 19.7. The van der Waals surface area contributed by atoms with Gasteiger partial charge in [-0.05, 0) is 61.1 Å². The van der Waals surface area contributed by atoms with Crippen LogP contribution in [0.25, 0.3) is 0 Å². The van der Waals surface area contributed by atoms with Crippen LogP contribution < -0.4 is 43.1 Å². The molecule has 448 valence electrons. The highest BCUT2D eigenvalue weighted by molar-refractivity contribution is 7.20. The first kappa shape index (κ1) is 70.4. The Bertz CT molecular complexity index is 2670. The lowest BCUT2D eigenvalue weighted by Crippen LogP contribution is -3.61. The van der Waals surface area contributed by atoms with Crippen molar-refractivity contribution in [1.82, 2.24) is 0 Å². The van der Waals surface area contributed by atoms with Crippen molar-refractivity contribution in [1.29, 1.82) is 0 Å². The molecule has 0 unspecified atom stereocenters. The molecular formula is C60H58BCl8F12I. The number of rotatable bonds is 28. The van der Waals surface area contributed by atoms with Crippen molar-refractivity contribution in [3.8, 4) is 0 Å². The van der Waals surface area contributed by atoms with E-state index in [-0.39, 0.29) is 21.2 Å². The summed E-state index contributed by atoms with van der Waals surface area (Å²) in [5, 5.41) is -15.6. The molecular weight excluding hydrogens is 1370 g/mol. The molecule has 0 radical (unpaired) electrons. The Morgan fingerprint density at radius 2 is 0.451 bits per heavy atom. The standard InChI is InChI=1S/C36H58I.C24BCl8F12/c1-3-5-7-9-11-13-15-17-19-21-23-33-25-29-35(30-26-33)37-36-31-27-34(28-32-36)24-22-20-18-16-14-12-10-8-6-4-2;26-5-13(34)1(14(35)6(27)21(5)42)25(2-15(36)7(28)22(43)8(29)16(2)37,3-17(38)9(30)23(44)10(31)18(3)39)4-19(40)11(32)24(45)12(33)20(4)41/h25-32H,3-24H2,1-2H3;/q+1;-1. The van der Waals surface area contributed by atoms with E-state index in [0.717, 1.165) is 0 Å². The lowest BCUT2D eigenvalue weighted by atomic mass is 9.12. The van der Waals surface area contributed by atoms with Gasteiger partial charge in [-0.1, -0.05) is 246 Å². The maximum atomic E-state index is 16.1. The molecule has 0 nitrogen and oxygen atoms in total. The molecule has 0 aliphatic carbocycles. The average molecular weight is 1430 g/mol. The first-order chi connectivity index (χ1) is 39.0. The second kappa shape index (κ2) is 33.6. The van der Waals surface area contributed by atoms with Crippen LogP contribution in [0.3, 0.4) is 0 Å². The van der Waals surface area contributed by atoms with Gasteiger partial charge >= 0.3 is 21.2 Å². The van der Waals surface area contributed by atoms with Crippen LogP contribution in [-0.4, -0.2) is 6.15 Å². The Balaban J connectivity index is 0.000000307. The number of unbranched alkanes of at least 4 members (excludes halogenated alkanes) is 18. The number of hydrogen-bond acceptors (Lipinski definition) is 0. The van der Waals surface area contributed by atoms with Gasteiger partial charge in [0.25, 0.3) is 0 Å². The van der Waals surface area contributed by atoms with Gasteiger partial charge in [0.05, 0.1) is 0 Å². The molecule has 0 aromatic heterocycles. The number of benzene rings is 6. The van der Waals surface area contributed by atoms with Crippen molar-refractivity contribution in [2.24, 2.45) is 0 Å². The second-order valence-electron chi connectivity index (χ2n) is 20.0. The van der Waals surface area contributed by atoms with Gasteiger partial charge in [0.15, 0.2) is 30.4 Å². The van der Waals surface area contributed by atoms with E-state index in [9.17, 15) is 17.6 Å². The summed E-state index contributed by atoms with van der Waals surface area (Å²) >= 11 is 44.3. The fourth-order valence-corrected chi connectivity index (χ4v) is 14.0. The Hall–Kier alpha value is -2.41. The lowest BCUT2D eigenvalue weighted by Gasteiger charge is -2.45. The molecule has 0 atom stereocenters. The summed E-state index contributed by atoms with van der Waals surface area (Å²) in [6.07, 6.45) is 24.9. The summed E-state index contributed by atoms with van der Waals surface area (Å²) in [7, 11) is 0. The van der Waals surface area contributed by atoms with Crippen LogP contribution in [-0.2, 0) is 12.8 Å². The van der Waals surface area contributed by atoms with Crippen molar-refractivity contribution in [2.75, 3.05) is 0 Å². The molecule has 6 rings (SSSR count). The zero-order chi connectivity index (χ0) is 60.6. The van der Waals surface area contributed by atoms with E-state index in [4.69, 9.17) is 92.8 Å². The Morgan fingerprint density at radius 3 is 0.646 bits per heavy atom. The molecule has 0 spiro atoms. The zero-order valence-electron chi connectivity index (χ0n) is 44.7. The molecule has 0 bridgehead atoms. The summed E-state index contributed by atoms with van der Waals surface area (Å²) in [4.78, 5) is 0. The van der Waals surface area contributed by atoms with Crippen LogP contribution >= 0.6 is 92.8 Å². The highest BCUT2D eigenvalue weighted by Crippen LogP contribution is 2.38. The molecule has 82 heavy (non-hydrogen) atoms. The third-order valence-electron chi connectivity index (χ3n) is 14.4. The smallest absolute Gasteiger partial charge is 0.209 e. The van der Waals surface area contributed by atoms with Gasteiger partial charge in [0.1, 0.15) is 92.9 Å². The minimum Gasteiger partial charge on any atom is -0.209 e. The second-order valence-corrected chi connectivity index (χ2v) is 26.1. The number of hydrogen-bond donors (Lipinski definition) is 0. The molecule has 0 saturated carbocycles. The maximum Gasteiger partial charge on any atom is 0.357 e. The monoisotopic (exact) mass is 1420 g/mol. The van der Waals surface area contributed by atoms with Gasteiger partial charge in [0, 0.05) is 0 Å². The minimum atomic E-state index is -5.97. The molecule has 0 N–H and O–H groups in total. The predicted molar refractivity (Wildman–Crippen MR) is 311 cm³/mol. The molecule has 22 heteroatoms. The van der Waals surface area contributed by atoms with E-state index >= 15 is 35.1 Å². The van der Waals surface area contributed by atoms with E-state index < -0.39 is 138 Å². The summed E-state index contributed by atoms with van der Waals surface area (Å²) in [6, 6.07) is 19.2. The maximum absolute atomic E-state index is 16.1. The molecule has 0 heterocycles. The predicted octanol–water partition coefficient (Wildman–Crippen LogP) is 18.7. The highest BCUT2D eigenvalue weighted by atomic mass is 127. The average Bonchev–Trinajstić information content (AvgIpc) is 1.38. The van der Waals surface area contributed by atoms with Crippen molar-refractivity contribution in [2.45, 2.75) is 155 Å². The van der Waals surface area contributed by atoms with Crippen LogP contribution in [0.4, 0.5) is 52.7 Å². The number of halogens is 21. The van der Waals surface area contributed by atoms with Crippen molar-refractivity contribution >= 4 is 121 Å². The largest absolute Gasteiger partial charge is 0.357 e. The van der Waals surface area contributed by atoms with E-state index in [0.29, 0.717) is 0 Å². The molecule has 6 aromatic carbocycles. The topological polar surface area (TPSA) is 0 Å². The summed E-state index contributed by atoms with van der Waals surface area (Å²) < 4.78 is 190. The zero-order valence-corrected chi connectivity index (χ0v) is 52.9. The van der Waals surface area contributed by atoms with E-state index in [1.54, 1.807) is 7.14 Å². The van der Waals surface area contributed by atoms with Crippen LogP contribution in [0.5, 0.6) is 0 Å². The van der Waals surface area contributed by atoms with Crippen LogP contribution in [0.2, 0.25) is 40.2 Å². The molecule has 0 aliphatic rings. The van der Waals surface area contributed by atoms with E-state index in [1.807, 2.05) is 0 Å². The van der Waals surface area contributed by atoms with Gasteiger partial charge in [-0.2, -0.15) is 0 Å². The summed E-state index contributed by atoms with van der Waals surface area (Å²) in [6.45, 7) is 4.60. The molecule has 0 fully saturated rings. The fourth-order valence-electron chi connectivity index (χ4n) is 10.1. The van der Waals surface area contributed by atoms with Gasteiger partial charge in [-0.15, -0.1) is 21.9 Å². The summed E-state index contributed by atoms with van der Waals surface area (Å²) in [5.74, 6) is -30.0.